The van der Waals surface area contributed by atoms with Crippen molar-refractivity contribution in [1.29, 1.82) is 0 Å². The number of carbonyl (C=O) groups is 1. The van der Waals surface area contributed by atoms with Crippen molar-refractivity contribution in [2.24, 2.45) is 5.92 Å². The second kappa shape index (κ2) is 7.71. The topological polar surface area (TPSA) is 101 Å². The predicted molar refractivity (Wildman–Crippen MR) is 114 cm³/mol. The van der Waals surface area contributed by atoms with Crippen molar-refractivity contribution >= 4 is 32.8 Å². The summed E-state index contributed by atoms with van der Waals surface area (Å²) in [4.78, 5) is 27.3. The molecule has 1 saturated heterocycles. The van der Waals surface area contributed by atoms with Gasteiger partial charge in [0, 0.05) is 49.6 Å². The summed E-state index contributed by atoms with van der Waals surface area (Å²) < 4.78 is 24.4. The van der Waals surface area contributed by atoms with Gasteiger partial charge in [0.05, 0.1) is 15.5 Å². The van der Waals surface area contributed by atoms with E-state index in [0.717, 1.165) is 24.4 Å². The Balaban J connectivity index is 1.50. The highest BCUT2D eigenvalue weighted by molar-refractivity contribution is 7.90. The summed E-state index contributed by atoms with van der Waals surface area (Å²) in [6, 6.07) is 11.9. The first-order valence-electron chi connectivity index (χ1n) is 9.88. The fraction of sp³-hybridized carbons (Fsp3) is 0.381. The van der Waals surface area contributed by atoms with Crippen molar-refractivity contribution in [2.75, 3.05) is 35.7 Å². The van der Waals surface area contributed by atoms with Crippen molar-refractivity contribution in [3.05, 3.63) is 58.1 Å². The Hall–Kier alpha value is -2.94. The van der Waals surface area contributed by atoms with Gasteiger partial charge in [-0.05, 0) is 37.0 Å². The molecule has 8 nitrogen and oxygen atoms in total. The minimum absolute atomic E-state index is 0.0463. The lowest BCUT2D eigenvalue weighted by Crippen LogP contribution is -2.42. The molecule has 0 N–H and O–H groups in total. The molecular weight excluding hydrogens is 406 g/mol. The molecule has 0 spiro atoms. The summed E-state index contributed by atoms with van der Waals surface area (Å²) in [5, 5.41) is 11.1. The standard InChI is InChI=1S/C21H23N3O5S/c1-30(28,29)20-14-17(24(26)27)6-7-19(20)22-11-8-16(9-12-22)21(25)23-13-10-15-4-2-3-5-18(15)23/h2-7,14,16H,8-13H2,1H3. The lowest BCUT2D eigenvalue weighted by Gasteiger charge is -2.35. The van der Waals surface area contributed by atoms with Crippen LogP contribution in [-0.2, 0) is 21.1 Å². The molecule has 2 heterocycles. The SMILES string of the molecule is CS(=O)(=O)c1cc([N+](=O)[O-])ccc1N1CCC(C(=O)N2CCc3ccccc32)CC1. The molecule has 2 aromatic rings. The van der Waals surface area contributed by atoms with Crippen molar-refractivity contribution in [3.63, 3.8) is 0 Å². The first-order valence-corrected chi connectivity index (χ1v) is 11.8. The number of nitrogens with zero attached hydrogens (tertiary/aromatic N) is 3. The number of nitro groups is 1. The van der Waals surface area contributed by atoms with Crippen LogP contribution in [0, 0.1) is 16.0 Å². The number of sulfone groups is 1. The Kier molecular flexibility index (Phi) is 5.23. The van der Waals surface area contributed by atoms with Crippen LogP contribution in [0.1, 0.15) is 18.4 Å². The van der Waals surface area contributed by atoms with Crippen molar-refractivity contribution in [1.82, 2.24) is 0 Å². The number of para-hydroxylation sites is 1. The van der Waals surface area contributed by atoms with E-state index >= 15 is 0 Å². The van der Waals surface area contributed by atoms with E-state index in [9.17, 15) is 23.3 Å². The van der Waals surface area contributed by atoms with Crippen LogP contribution in [0.2, 0.25) is 0 Å². The fourth-order valence-corrected chi connectivity index (χ4v) is 5.24. The number of hydrogen-bond donors (Lipinski definition) is 0. The van der Waals surface area contributed by atoms with E-state index in [2.05, 4.69) is 0 Å². The Labute approximate surface area is 175 Å². The molecule has 9 heteroatoms. The zero-order valence-electron chi connectivity index (χ0n) is 16.7. The molecule has 0 bridgehead atoms. The third kappa shape index (κ3) is 3.77. The van der Waals surface area contributed by atoms with Gasteiger partial charge in [0.15, 0.2) is 9.84 Å². The summed E-state index contributed by atoms with van der Waals surface area (Å²) in [7, 11) is -3.64. The Morgan fingerprint density at radius 1 is 1.07 bits per heavy atom. The number of anilines is 2. The summed E-state index contributed by atoms with van der Waals surface area (Å²) >= 11 is 0. The largest absolute Gasteiger partial charge is 0.370 e. The third-order valence-electron chi connectivity index (χ3n) is 5.89. The highest BCUT2D eigenvalue weighted by Gasteiger charge is 2.33. The highest BCUT2D eigenvalue weighted by Crippen LogP contribution is 2.34. The number of fused-ring (bicyclic) bond motifs is 1. The van der Waals surface area contributed by atoms with Crippen molar-refractivity contribution in [2.45, 2.75) is 24.2 Å². The second-order valence-electron chi connectivity index (χ2n) is 7.81. The first-order chi connectivity index (χ1) is 14.3. The quantitative estimate of drug-likeness (QED) is 0.547. The van der Waals surface area contributed by atoms with Crippen LogP contribution >= 0.6 is 0 Å². The Morgan fingerprint density at radius 3 is 2.43 bits per heavy atom. The molecule has 2 aromatic carbocycles. The van der Waals surface area contributed by atoms with E-state index in [1.807, 2.05) is 34.1 Å². The van der Waals surface area contributed by atoms with E-state index in [1.54, 1.807) is 0 Å². The molecule has 4 rings (SSSR count). The number of amides is 1. The van der Waals surface area contributed by atoms with Gasteiger partial charge in [0.2, 0.25) is 5.91 Å². The fourth-order valence-electron chi connectivity index (χ4n) is 4.33. The minimum atomic E-state index is -3.64. The van der Waals surface area contributed by atoms with Crippen LogP contribution < -0.4 is 9.80 Å². The molecule has 30 heavy (non-hydrogen) atoms. The van der Waals surface area contributed by atoms with E-state index in [4.69, 9.17) is 0 Å². The Bertz CT molecular complexity index is 1110. The van der Waals surface area contributed by atoms with E-state index in [1.165, 1.54) is 17.7 Å². The highest BCUT2D eigenvalue weighted by atomic mass is 32.2. The molecule has 0 aromatic heterocycles. The number of hydrogen-bond acceptors (Lipinski definition) is 6. The van der Waals surface area contributed by atoms with Crippen LogP contribution in [0.5, 0.6) is 0 Å². The van der Waals surface area contributed by atoms with Crippen LogP contribution in [0.15, 0.2) is 47.4 Å². The van der Waals surface area contributed by atoms with Gasteiger partial charge in [-0.1, -0.05) is 18.2 Å². The number of carbonyl (C=O) groups excluding carboxylic acids is 1. The molecule has 2 aliphatic heterocycles. The predicted octanol–water partition coefficient (Wildman–Crippen LogP) is 2.80. The smallest absolute Gasteiger partial charge is 0.270 e. The maximum atomic E-state index is 13.1. The number of benzene rings is 2. The summed E-state index contributed by atoms with van der Waals surface area (Å²) in [6.07, 6.45) is 3.13. The van der Waals surface area contributed by atoms with Gasteiger partial charge < -0.3 is 9.80 Å². The Morgan fingerprint density at radius 2 is 1.77 bits per heavy atom. The van der Waals surface area contributed by atoms with E-state index in [-0.39, 0.29) is 22.4 Å². The maximum Gasteiger partial charge on any atom is 0.270 e. The van der Waals surface area contributed by atoms with Gasteiger partial charge in [-0.25, -0.2) is 8.42 Å². The van der Waals surface area contributed by atoms with Gasteiger partial charge in [-0.15, -0.1) is 0 Å². The molecule has 1 fully saturated rings. The zero-order valence-corrected chi connectivity index (χ0v) is 17.5. The molecule has 0 unspecified atom stereocenters. The summed E-state index contributed by atoms with van der Waals surface area (Å²) in [5.74, 6) is -0.00114. The lowest BCUT2D eigenvalue weighted by molar-refractivity contribution is -0.385. The number of nitro benzene ring substituents is 1. The first kappa shape index (κ1) is 20.3. The lowest BCUT2D eigenvalue weighted by atomic mass is 9.94. The number of piperidine rings is 1. The second-order valence-corrected chi connectivity index (χ2v) is 9.80. The minimum Gasteiger partial charge on any atom is -0.370 e. The summed E-state index contributed by atoms with van der Waals surface area (Å²) in [5.41, 5.74) is 2.38. The third-order valence-corrected chi connectivity index (χ3v) is 7.02. The normalized spacial score (nSPS) is 17.1. The van der Waals surface area contributed by atoms with Crippen LogP contribution in [0.3, 0.4) is 0 Å². The van der Waals surface area contributed by atoms with Gasteiger partial charge >= 0.3 is 0 Å². The molecule has 0 saturated carbocycles. The van der Waals surface area contributed by atoms with Crippen LogP contribution in [-0.4, -0.2) is 45.1 Å². The molecule has 158 valence electrons. The summed E-state index contributed by atoms with van der Waals surface area (Å²) in [6.45, 7) is 1.73. The average Bonchev–Trinajstić information content (AvgIpc) is 3.16. The van der Waals surface area contributed by atoms with Gasteiger partial charge in [-0.3, -0.25) is 14.9 Å². The zero-order chi connectivity index (χ0) is 21.5. The molecule has 0 atom stereocenters. The van der Waals surface area contributed by atoms with Gasteiger partial charge in [-0.2, -0.15) is 0 Å². The number of rotatable bonds is 4. The van der Waals surface area contributed by atoms with Crippen molar-refractivity contribution < 1.29 is 18.1 Å². The number of non-ortho nitro benzene ring substituents is 1. The monoisotopic (exact) mass is 429 g/mol. The van der Waals surface area contributed by atoms with Crippen LogP contribution in [0.25, 0.3) is 0 Å². The molecular formula is C21H23N3O5S. The van der Waals surface area contributed by atoms with Crippen LogP contribution in [0.4, 0.5) is 17.1 Å². The van der Waals surface area contributed by atoms with E-state index < -0.39 is 14.8 Å². The maximum absolute atomic E-state index is 13.1. The van der Waals surface area contributed by atoms with E-state index in [0.29, 0.717) is 38.2 Å². The van der Waals surface area contributed by atoms with Gasteiger partial charge in [0.25, 0.3) is 5.69 Å². The molecule has 2 aliphatic rings. The van der Waals surface area contributed by atoms with Gasteiger partial charge in [0.1, 0.15) is 0 Å². The average molecular weight is 429 g/mol. The molecule has 0 radical (unpaired) electrons. The molecule has 1 amide bonds. The molecule has 0 aliphatic carbocycles. The van der Waals surface area contributed by atoms with Crippen molar-refractivity contribution in [3.8, 4) is 0 Å².